The number of carbonyl (C=O) groups is 1. The molecular weight excluding hydrogens is 172 g/mol. The molecule has 0 saturated carbocycles. The van der Waals surface area contributed by atoms with Crippen LogP contribution in [0, 0.1) is 0 Å². The molecule has 1 rings (SSSR count). The van der Waals surface area contributed by atoms with Gasteiger partial charge in [0, 0.05) is 19.5 Å². The van der Waals surface area contributed by atoms with Crippen molar-refractivity contribution in [2.24, 2.45) is 0 Å². The van der Waals surface area contributed by atoms with Crippen LogP contribution in [0.4, 0.5) is 0 Å². The van der Waals surface area contributed by atoms with Crippen LogP contribution < -0.4 is 0 Å². The average Bonchev–Trinajstić information content (AvgIpc) is 2.56. The highest BCUT2D eigenvalue weighted by atomic mass is 16.5. The van der Waals surface area contributed by atoms with Crippen LogP contribution >= 0.6 is 0 Å². The van der Waals surface area contributed by atoms with Crippen molar-refractivity contribution >= 4 is 5.97 Å². The second-order valence-corrected chi connectivity index (χ2v) is 2.96. The minimum atomic E-state index is -1.13. The van der Waals surface area contributed by atoms with Crippen molar-refractivity contribution < 1.29 is 14.6 Å². The van der Waals surface area contributed by atoms with Gasteiger partial charge in [0.2, 0.25) is 0 Å². The molecule has 1 aromatic heterocycles. The summed E-state index contributed by atoms with van der Waals surface area (Å²) in [4.78, 5) is 11.0. The molecule has 0 fully saturated rings. The Morgan fingerprint density at radius 3 is 2.85 bits per heavy atom. The van der Waals surface area contributed by atoms with E-state index in [1.165, 1.54) is 18.0 Å². The average molecular weight is 184 g/mol. The molecule has 72 valence electrons. The number of hydrogen-bond donors (Lipinski definition) is 1. The lowest BCUT2D eigenvalue weighted by atomic mass is 10.1. The van der Waals surface area contributed by atoms with E-state index in [2.05, 4.69) is 5.10 Å². The molecule has 1 N–H and O–H groups in total. The van der Waals surface area contributed by atoms with Gasteiger partial charge in [-0.3, -0.25) is 4.68 Å². The minimum absolute atomic E-state index is 0.0873. The number of ether oxygens (including phenoxy) is 1. The minimum Gasteiger partial charge on any atom is -0.479 e. The van der Waals surface area contributed by atoms with Crippen LogP contribution in [0.2, 0.25) is 0 Å². The Hall–Kier alpha value is -1.36. The molecule has 0 bridgehead atoms. The molecule has 1 unspecified atom stereocenters. The van der Waals surface area contributed by atoms with Gasteiger partial charge in [-0.05, 0) is 13.0 Å². The number of carboxylic acids is 1. The van der Waals surface area contributed by atoms with Crippen molar-refractivity contribution in [2.75, 3.05) is 13.7 Å². The summed E-state index contributed by atoms with van der Waals surface area (Å²) in [7, 11) is 1.46. The highest BCUT2D eigenvalue weighted by molar-refractivity contribution is 5.76. The van der Waals surface area contributed by atoms with Crippen molar-refractivity contribution in [3.8, 4) is 0 Å². The van der Waals surface area contributed by atoms with Crippen molar-refractivity contribution in [3.63, 3.8) is 0 Å². The van der Waals surface area contributed by atoms with Crippen LogP contribution in [0.1, 0.15) is 6.92 Å². The zero-order valence-corrected chi connectivity index (χ0v) is 7.60. The Balaban J connectivity index is 2.98. The zero-order valence-electron chi connectivity index (χ0n) is 7.60. The first-order chi connectivity index (χ1) is 6.11. The van der Waals surface area contributed by atoms with E-state index in [9.17, 15) is 4.79 Å². The van der Waals surface area contributed by atoms with Gasteiger partial charge in [-0.2, -0.15) is 5.10 Å². The van der Waals surface area contributed by atoms with Crippen molar-refractivity contribution in [1.29, 1.82) is 0 Å². The number of rotatable bonds is 4. The summed E-state index contributed by atoms with van der Waals surface area (Å²) >= 11 is 0. The van der Waals surface area contributed by atoms with Crippen LogP contribution in [0.25, 0.3) is 0 Å². The van der Waals surface area contributed by atoms with Gasteiger partial charge in [-0.25, -0.2) is 4.79 Å². The lowest BCUT2D eigenvalue weighted by Gasteiger charge is -2.24. The summed E-state index contributed by atoms with van der Waals surface area (Å²) in [5.74, 6) is -0.960. The molecule has 0 aliphatic heterocycles. The van der Waals surface area contributed by atoms with Crippen molar-refractivity contribution in [2.45, 2.75) is 12.5 Å². The van der Waals surface area contributed by atoms with Gasteiger partial charge in [0.1, 0.15) is 0 Å². The highest BCUT2D eigenvalue weighted by Crippen LogP contribution is 2.14. The van der Waals surface area contributed by atoms with Crippen LogP contribution in [0.15, 0.2) is 18.5 Å². The molecule has 0 aromatic carbocycles. The molecule has 13 heavy (non-hydrogen) atoms. The molecule has 0 amide bonds. The summed E-state index contributed by atoms with van der Waals surface area (Å²) < 4.78 is 6.22. The maximum Gasteiger partial charge on any atom is 0.333 e. The van der Waals surface area contributed by atoms with Gasteiger partial charge < -0.3 is 9.84 Å². The number of hydrogen-bond acceptors (Lipinski definition) is 3. The van der Waals surface area contributed by atoms with Crippen LogP contribution in [-0.4, -0.2) is 34.6 Å². The highest BCUT2D eigenvalue weighted by Gasteiger charge is 2.35. The third kappa shape index (κ3) is 1.70. The molecule has 0 aliphatic rings. The normalized spacial score (nSPS) is 15.2. The topological polar surface area (TPSA) is 64.3 Å². The predicted molar refractivity (Wildman–Crippen MR) is 45.4 cm³/mol. The van der Waals surface area contributed by atoms with E-state index in [4.69, 9.17) is 9.84 Å². The van der Waals surface area contributed by atoms with E-state index in [1.54, 1.807) is 19.2 Å². The SMILES string of the molecule is COCC(C)(C(=O)O)n1cccn1. The van der Waals surface area contributed by atoms with Gasteiger partial charge in [0.15, 0.2) is 5.54 Å². The summed E-state index contributed by atoms with van der Waals surface area (Å²) in [5, 5.41) is 12.9. The Labute approximate surface area is 75.9 Å². The van der Waals surface area contributed by atoms with E-state index in [0.29, 0.717) is 0 Å². The first-order valence-corrected chi connectivity index (χ1v) is 3.83. The number of aliphatic carboxylic acids is 1. The first kappa shape index (κ1) is 9.73. The third-order valence-electron chi connectivity index (χ3n) is 1.90. The monoisotopic (exact) mass is 184 g/mol. The van der Waals surface area contributed by atoms with E-state index in [1.807, 2.05) is 0 Å². The molecule has 1 atom stereocenters. The smallest absolute Gasteiger partial charge is 0.333 e. The summed E-state index contributed by atoms with van der Waals surface area (Å²) in [5.41, 5.74) is -1.13. The fourth-order valence-electron chi connectivity index (χ4n) is 1.07. The van der Waals surface area contributed by atoms with Crippen molar-refractivity contribution in [3.05, 3.63) is 18.5 Å². The fourth-order valence-corrected chi connectivity index (χ4v) is 1.07. The number of methoxy groups -OCH3 is 1. The Bertz CT molecular complexity index is 284. The third-order valence-corrected chi connectivity index (χ3v) is 1.90. The largest absolute Gasteiger partial charge is 0.479 e. The molecule has 5 heteroatoms. The molecule has 0 radical (unpaired) electrons. The molecule has 0 saturated heterocycles. The van der Waals surface area contributed by atoms with Gasteiger partial charge in [0.25, 0.3) is 0 Å². The van der Waals surface area contributed by atoms with E-state index in [-0.39, 0.29) is 6.61 Å². The standard InChI is InChI=1S/C8H12N2O3/c1-8(6-13-2,7(11)12)10-5-3-4-9-10/h3-5H,6H2,1-2H3,(H,11,12). The van der Waals surface area contributed by atoms with E-state index in [0.717, 1.165) is 0 Å². The Morgan fingerprint density at radius 2 is 2.46 bits per heavy atom. The number of aromatic nitrogens is 2. The summed E-state index contributed by atoms with van der Waals surface area (Å²) in [6, 6.07) is 1.68. The van der Waals surface area contributed by atoms with Crippen LogP contribution in [0.5, 0.6) is 0 Å². The van der Waals surface area contributed by atoms with E-state index < -0.39 is 11.5 Å². The van der Waals surface area contributed by atoms with Crippen molar-refractivity contribution in [1.82, 2.24) is 9.78 Å². The second kappa shape index (κ2) is 3.57. The van der Waals surface area contributed by atoms with Crippen LogP contribution in [0.3, 0.4) is 0 Å². The number of nitrogens with zero attached hydrogens (tertiary/aromatic N) is 2. The van der Waals surface area contributed by atoms with E-state index >= 15 is 0 Å². The van der Waals surface area contributed by atoms with Gasteiger partial charge in [0.05, 0.1) is 6.61 Å². The maximum atomic E-state index is 11.0. The predicted octanol–water partition coefficient (Wildman–Crippen LogP) is 0.329. The fraction of sp³-hybridized carbons (Fsp3) is 0.500. The quantitative estimate of drug-likeness (QED) is 0.732. The number of carboxylic acid groups (broad SMARTS) is 1. The van der Waals surface area contributed by atoms with Gasteiger partial charge >= 0.3 is 5.97 Å². The molecular formula is C8H12N2O3. The van der Waals surface area contributed by atoms with Gasteiger partial charge in [-0.15, -0.1) is 0 Å². The Kier molecular flexibility index (Phi) is 2.67. The lowest BCUT2D eigenvalue weighted by Crippen LogP contribution is -2.43. The Morgan fingerprint density at radius 1 is 1.77 bits per heavy atom. The zero-order chi connectivity index (χ0) is 9.90. The first-order valence-electron chi connectivity index (χ1n) is 3.83. The lowest BCUT2D eigenvalue weighted by molar-refractivity contribution is -0.150. The molecule has 0 aliphatic carbocycles. The second-order valence-electron chi connectivity index (χ2n) is 2.96. The molecule has 1 heterocycles. The maximum absolute atomic E-state index is 11.0. The van der Waals surface area contributed by atoms with Crippen LogP contribution in [-0.2, 0) is 15.1 Å². The van der Waals surface area contributed by atoms with Gasteiger partial charge in [-0.1, -0.05) is 0 Å². The summed E-state index contributed by atoms with van der Waals surface area (Å²) in [6.45, 7) is 1.65. The molecule has 1 aromatic rings. The molecule has 5 nitrogen and oxygen atoms in total. The molecule has 0 spiro atoms. The summed E-state index contributed by atoms with van der Waals surface area (Å²) in [6.07, 6.45) is 3.14.